The first kappa shape index (κ1) is 26.5. The molecule has 6 N–H and O–H groups in total. The molecular formula is C24H24N4O7. The van der Waals surface area contributed by atoms with Crippen molar-refractivity contribution in [2.75, 3.05) is 14.2 Å². The second-order valence-electron chi connectivity index (χ2n) is 6.69. The summed E-state index contributed by atoms with van der Waals surface area (Å²) in [5.74, 6) is -0.656. The normalized spacial score (nSPS) is 10.2. The molecule has 0 saturated carbocycles. The van der Waals surface area contributed by atoms with Crippen LogP contribution in [0.1, 0.15) is 11.1 Å². The first-order valence-electron chi connectivity index (χ1n) is 9.95. The molecule has 0 aliphatic carbocycles. The van der Waals surface area contributed by atoms with Crippen LogP contribution in [0.3, 0.4) is 0 Å². The van der Waals surface area contributed by atoms with E-state index in [-0.39, 0.29) is 11.7 Å². The molecule has 1 aromatic heterocycles. The number of amidine groups is 2. The Labute approximate surface area is 200 Å². The highest BCUT2D eigenvalue weighted by molar-refractivity contribution is 5.96. The molecule has 0 spiro atoms. The Bertz CT molecular complexity index is 1110. The molecule has 0 radical (unpaired) electrons. The van der Waals surface area contributed by atoms with E-state index in [9.17, 15) is 9.59 Å². The number of aliphatic carboxylic acids is 2. The summed E-state index contributed by atoms with van der Waals surface area (Å²) < 4.78 is 5.96. The van der Waals surface area contributed by atoms with Gasteiger partial charge in [-0.05, 0) is 12.1 Å². The van der Waals surface area contributed by atoms with Gasteiger partial charge >= 0.3 is 11.9 Å². The van der Waals surface area contributed by atoms with Gasteiger partial charge in [-0.1, -0.05) is 48.5 Å². The van der Waals surface area contributed by atoms with Crippen LogP contribution in [0.4, 0.5) is 0 Å². The molecule has 0 fully saturated rings. The van der Waals surface area contributed by atoms with E-state index in [0.717, 1.165) is 33.8 Å². The van der Waals surface area contributed by atoms with Crippen LogP contribution < -0.4 is 11.0 Å². The maximum Gasteiger partial charge on any atom is 0.328 e. The summed E-state index contributed by atoms with van der Waals surface area (Å²) in [6.07, 6.45) is 1.12. The van der Waals surface area contributed by atoms with Crippen molar-refractivity contribution in [3.63, 3.8) is 0 Å². The van der Waals surface area contributed by atoms with Gasteiger partial charge in [0, 0.05) is 34.4 Å². The van der Waals surface area contributed by atoms with Gasteiger partial charge in [0.15, 0.2) is 0 Å². The smallest absolute Gasteiger partial charge is 0.328 e. The van der Waals surface area contributed by atoms with E-state index in [1.165, 1.54) is 14.2 Å². The number of hydrogen-bond acceptors (Lipinski definition) is 7. The molecule has 182 valence electrons. The molecule has 0 saturated heterocycles. The van der Waals surface area contributed by atoms with E-state index in [1.54, 1.807) is 0 Å². The molecule has 0 bridgehead atoms. The summed E-state index contributed by atoms with van der Waals surface area (Å²) in [5.41, 5.74) is 8.26. The lowest BCUT2D eigenvalue weighted by Gasteiger charge is -2.06. The van der Waals surface area contributed by atoms with Gasteiger partial charge in [0.05, 0.1) is 14.2 Å². The lowest BCUT2D eigenvalue weighted by Crippen LogP contribution is -2.21. The third-order valence-corrected chi connectivity index (χ3v) is 4.30. The first-order chi connectivity index (χ1) is 16.7. The monoisotopic (exact) mass is 480 g/mol. The van der Waals surface area contributed by atoms with Crippen LogP contribution in [0.5, 0.6) is 0 Å². The van der Waals surface area contributed by atoms with Crippen molar-refractivity contribution >= 4 is 23.6 Å². The Balaban J connectivity index is 0.000000466. The third kappa shape index (κ3) is 8.28. The molecule has 35 heavy (non-hydrogen) atoms. The summed E-state index contributed by atoms with van der Waals surface area (Å²) in [5, 5.41) is 31.2. The minimum atomic E-state index is -1.26. The molecular weight excluding hydrogens is 456 g/mol. The van der Waals surface area contributed by atoms with Crippen LogP contribution in [0.25, 0.3) is 22.6 Å². The molecule has 2 aromatic carbocycles. The van der Waals surface area contributed by atoms with Crippen molar-refractivity contribution in [1.29, 1.82) is 10.8 Å². The third-order valence-electron chi connectivity index (χ3n) is 4.30. The molecule has 11 nitrogen and oxygen atoms in total. The Morgan fingerprint density at radius 2 is 1.06 bits per heavy atom. The van der Waals surface area contributed by atoms with Gasteiger partial charge in [-0.15, -0.1) is 0 Å². The average Bonchev–Trinajstić information content (AvgIpc) is 3.34. The molecule has 1 heterocycles. The quantitative estimate of drug-likeness (QED) is 0.122. The first-order valence-corrected chi connectivity index (χ1v) is 9.95. The molecule has 3 rings (SSSR count). The molecule has 0 atom stereocenters. The molecule has 11 heteroatoms. The maximum absolute atomic E-state index is 9.55. The maximum atomic E-state index is 9.55. The van der Waals surface area contributed by atoms with Crippen LogP contribution >= 0.6 is 0 Å². The number of hydroxylamine groups is 2. The van der Waals surface area contributed by atoms with Crippen molar-refractivity contribution in [2.24, 2.45) is 0 Å². The topological polar surface area (TPSA) is 178 Å². The highest BCUT2D eigenvalue weighted by atomic mass is 16.6. The number of nitrogens with one attached hydrogen (secondary N) is 4. The van der Waals surface area contributed by atoms with E-state index in [1.807, 2.05) is 60.7 Å². The second-order valence-corrected chi connectivity index (χ2v) is 6.69. The van der Waals surface area contributed by atoms with Crippen LogP contribution in [-0.4, -0.2) is 48.0 Å². The van der Waals surface area contributed by atoms with E-state index in [4.69, 9.17) is 35.1 Å². The van der Waals surface area contributed by atoms with Crippen LogP contribution in [0.2, 0.25) is 0 Å². The minimum absolute atomic E-state index is 0.192. The van der Waals surface area contributed by atoms with Gasteiger partial charge in [0.2, 0.25) is 0 Å². The molecule has 0 aliphatic heterocycles. The van der Waals surface area contributed by atoms with Gasteiger partial charge in [-0.2, -0.15) is 0 Å². The highest BCUT2D eigenvalue weighted by Crippen LogP contribution is 2.28. The summed E-state index contributed by atoms with van der Waals surface area (Å²) in [7, 11) is 2.94. The number of carbonyl (C=O) groups is 2. The lowest BCUT2D eigenvalue weighted by molar-refractivity contribution is -0.134. The Hall–Kier alpha value is -4.74. The largest absolute Gasteiger partial charge is 0.478 e. The zero-order chi connectivity index (χ0) is 25.8. The van der Waals surface area contributed by atoms with Gasteiger partial charge in [-0.25, -0.2) is 20.5 Å². The number of carboxylic acids is 2. The average molecular weight is 480 g/mol. The van der Waals surface area contributed by atoms with E-state index < -0.39 is 11.9 Å². The predicted molar refractivity (Wildman–Crippen MR) is 128 cm³/mol. The fourth-order valence-corrected chi connectivity index (χ4v) is 2.72. The number of carboxylic acid groups (broad SMARTS) is 2. The summed E-state index contributed by atoms with van der Waals surface area (Å²) in [6, 6.07) is 18.7. The fourth-order valence-electron chi connectivity index (χ4n) is 2.72. The van der Waals surface area contributed by atoms with E-state index in [2.05, 4.69) is 11.0 Å². The highest BCUT2D eigenvalue weighted by Gasteiger charge is 2.09. The molecule has 0 unspecified atom stereocenters. The van der Waals surface area contributed by atoms with Crippen molar-refractivity contribution < 1.29 is 33.9 Å². The van der Waals surface area contributed by atoms with Gasteiger partial charge < -0.3 is 14.6 Å². The lowest BCUT2D eigenvalue weighted by atomic mass is 10.1. The van der Waals surface area contributed by atoms with Crippen LogP contribution in [-0.2, 0) is 19.3 Å². The second kappa shape index (κ2) is 13.1. The summed E-state index contributed by atoms with van der Waals surface area (Å²) in [6.45, 7) is 0. The molecule has 0 amide bonds. The SMILES string of the molecule is CONC(=N)c1ccc(-c2ccc(-c3ccc(C(=N)NOC)cc3)o2)cc1.O=C(O)/C=C\C(=O)O. The fraction of sp³-hybridized carbons (Fsp3) is 0.0833. The van der Waals surface area contributed by atoms with E-state index >= 15 is 0 Å². The van der Waals surface area contributed by atoms with Gasteiger partial charge in [0.1, 0.15) is 23.2 Å². The van der Waals surface area contributed by atoms with Crippen LogP contribution in [0.15, 0.2) is 77.2 Å². The zero-order valence-electron chi connectivity index (χ0n) is 18.9. The minimum Gasteiger partial charge on any atom is -0.478 e. The zero-order valence-corrected chi connectivity index (χ0v) is 18.9. The van der Waals surface area contributed by atoms with Crippen molar-refractivity contribution in [3.8, 4) is 22.6 Å². The van der Waals surface area contributed by atoms with Crippen molar-refractivity contribution in [2.45, 2.75) is 0 Å². The summed E-state index contributed by atoms with van der Waals surface area (Å²) >= 11 is 0. The number of hydrogen-bond donors (Lipinski definition) is 6. The standard InChI is InChI=1S/C20H20N4O3.C4H4O4/c1-25-23-19(21)15-7-3-13(4-8-15)17-11-12-18(27-17)14-5-9-16(10-6-14)20(22)24-26-2;5-3(6)1-2-4(7)8/h3-12H,1-2H3,(H2,21,23)(H2,22,24);1-2H,(H,5,6)(H,7,8)/b;2-1-. The number of furan rings is 1. The van der Waals surface area contributed by atoms with Crippen LogP contribution in [0, 0.1) is 10.8 Å². The van der Waals surface area contributed by atoms with Crippen molar-refractivity contribution in [3.05, 3.63) is 83.9 Å². The Morgan fingerprint density at radius 1 is 0.714 bits per heavy atom. The molecule has 3 aromatic rings. The molecule has 0 aliphatic rings. The number of benzene rings is 2. The summed E-state index contributed by atoms with van der Waals surface area (Å²) in [4.78, 5) is 28.6. The van der Waals surface area contributed by atoms with Gasteiger partial charge in [-0.3, -0.25) is 20.5 Å². The van der Waals surface area contributed by atoms with Gasteiger partial charge in [0.25, 0.3) is 0 Å². The van der Waals surface area contributed by atoms with E-state index in [0.29, 0.717) is 12.2 Å². The van der Waals surface area contributed by atoms with Crippen molar-refractivity contribution in [1.82, 2.24) is 11.0 Å². The Kier molecular flexibility index (Phi) is 9.91. The number of rotatable bonds is 8. The predicted octanol–water partition coefficient (Wildman–Crippen LogP) is 3.28. The Morgan fingerprint density at radius 3 is 1.34 bits per heavy atom.